The molecule has 0 saturated heterocycles. The molecule has 140 valence electrons. The summed E-state index contributed by atoms with van der Waals surface area (Å²) < 4.78 is 37.2. The molecule has 0 fully saturated rings. The minimum Gasteiger partial charge on any atom is -0.493 e. The van der Waals surface area contributed by atoms with Crippen LogP contribution in [0.3, 0.4) is 0 Å². The van der Waals surface area contributed by atoms with Crippen molar-refractivity contribution in [3.63, 3.8) is 0 Å². The molecule has 0 unspecified atom stereocenters. The van der Waals surface area contributed by atoms with Crippen molar-refractivity contribution in [2.75, 3.05) is 25.6 Å². The van der Waals surface area contributed by atoms with Crippen LogP contribution in [0.15, 0.2) is 47.4 Å². The average molecular weight is 378 g/mol. The summed E-state index contributed by atoms with van der Waals surface area (Å²) in [6, 6.07) is 10.9. The second kappa shape index (κ2) is 8.68. The van der Waals surface area contributed by atoms with Gasteiger partial charge in [0.2, 0.25) is 10.0 Å². The molecule has 0 aliphatic heterocycles. The van der Waals surface area contributed by atoms with E-state index < -0.39 is 15.9 Å². The molecule has 0 spiro atoms. The first-order valence-electron chi connectivity index (χ1n) is 8.13. The number of methoxy groups -OCH3 is 1. The van der Waals surface area contributed by atoms with Gasteiger partial charge in [-0.3, -0.25) is 4.79 Å². The molecular formula is C18H22N2O5S. The Balaban J connectivity index is 2.23. The molecule has 0 bridgehead atoms. The third-order valence-corrected chi connectivity index (χ3v) is 5.01. The van der Waals surface area contributed by atoms with E-state index in [1.165, 1.54) is 25.3 Å². The summed E-state index contributed by atoms with van der Waals surface area (Å²) in [7, 11) is -2.12. The highest BCUT2D eigenvalue weighted by molar-refractivity contribution is 7.89. The van der Waals surface area contributed by atoms with Gasteiger partial charge in [0.15, 0.2) is 11.5 Å². The van der Waals surface area contributed by atoms with Crippen molar-refractivity contribution in [2.24, 2.45) is 0 Å². The van der Waals surface area contributed by atoms with Crippen molar-refractivity contribution >= 4 is 21.6 Å². The molecule has 2 aromatic carbocycles. The normalized spacial score (nSPS) is 11.0. The van der Waals surface area contributed by atoms with E-state index in [1.807, 2.05) is 6.92 Å². The SMILES string of the molecule is CCNS(=O)(=O)c1cccc(C(=O)Nc2ccc(OCC)c(OC)c2)c1. The number of hydrogen-bond donors (Lipinski definition) is 2. The fourth-order valence-electron chi connectivity index (χ4n) is 2.30. The zero-order valence-electron chi connectivity index (χ0n) is 14.9. The average Bonchev–Trinajstić information content (AvgIpc) is 2.63. The number of rotatable bonds is 8. The van der Waals surface area contributed by atoms with E-state index in [9.17, 15) is 13.2 Å². The summed E-state index contributed by atoms with van der Waals surface area (Å²) in [5, 5.41) is 2.72. The van der Waals surface area contributed by atoms with Crippen LogP contribution in [0.4, 0.5) is 5.69 Å². The minimum absolute atomic E-state index is 0.0382. The Kier molecular flexibility index (Phi) is 6.59. The van der Waals surface area contributed by atoms with Gasteiger partial charge < -0.3 is 14.8 Å². The van der Waals surface area contributed by atoms with Crippen molar-refractivity contribution in [2.45, 2.75) is 18.7 Å². The molecule has 0 aliphatic carbocycles. The summed E-state index contributed by atoms with van der Waals surface area (Å²) in [4.78, 5) is 12.5. The summed E-state index contributed by atoms with van der Waals surface area (Å²) in [5.41, 5.74) is 0.743. The molecule has 2 aromatic rings. The van der Waals surface area contributed by atoms with Crippen LogP contribution in [-0.4, -0.2) is 34.6 Å². The summed E-state index contributed by atoms with van der Waals surface area (Å²) >= 11 is 0. The van der Waals surface area contributed by atoms with Gasteiger partial charge in [-0.25, -0.2) is 13.1 Å². The van der Waals surface area contributed by atoms with E-state index >= 15 is 0 Å². The fourth-order valence-corrected chi connectivity index (χ4v) is 3.39. The lowest BCUT2D eigenvalue weighted by Gasteiger charge is -2.12. The Labute approximate surface area is 153 Å². The van der Waals surface area contributed by atoms with Crippen LogP contribution in [-0.2, 0) is 10.0 Å². The molecular weight excluding hydrogens is 356 g/mol. The lowest BCUT2D eigenvalue weighted by molar-refractivity contribution is 0.102. The Hall–Kier alpha value is -2.58. The van der Waals surface area contributed by atoms with E-state index in [0.717, 1.165) is 0 Å². The lowest BCUT2D eigenvalue weighted by atomic mass is 10.2. The predicted octanol–water partition coefficient (Wildman–Crippen LogP) is 2.64. The third-order valence-electron chi connectivity index (χ3n) is 3.46. The Morgan fingerprint density at radius 2 is 1.85 bits per heavy atom. The third kappa shape index (κ3) is 4.74. The highest BCUT2D eigenvalue weighted by Crippen LogP contribution is 2.30. The van der Waals surface area contributed by atoms with Crippen molar-refractivity contribution in [1.29, 1.82) is 0 Å². The molecule has 1 amide bonds. The molecule has 26 heavy (non-hydrogen) atoms. The van der Waals surface area contributed by atoms with Gasteiger partial charge >= 0.3 is 0 Å². The van der Waals surface area contributed by atoms with Crippen molar-refractivity contribution in [3.05, 3.63) is 48.0 Å². The van der Waals surface area contributed by atoms with Crippen molar-refractivity contribution in [1.82, 2.24) is 4.72 Å². The number of hydrogen-bond acceptors (Lipinski definition) is 5. The molecule has 8 heteroatoms. The van der Waals surface area contributed by atoms with Crippen LogP contribution in [0.25, 0.3) is 0 Å². The Morgan fingerprint density at radius 3 is 2.50 bits per heavy atom. The van der Waals surface area contributed by atoms with Gasteiger partial charge in [-0.15, -0.1) is 0 Å². The first-order chi connectivity index (χ1) is 12.4. The second-order valence-corrected chi connectivity index (χ2v) is 7.05. The van der Waals surface area contributed by atoms with Gasteiger partial charge in [0.05, 0.1) is 18.6 Å². The summed E-state index contributed by atoms with van der Waals surface area (Å²) in [6.45, 7) is 4.32. The van der Waals surface area contributed by atoms with Crippen LogP contribution in [0.2, 0.25) is 0 Å². The molecule has 0 atom stereocenters. The number of ether oxygens (including phenoxy) is 2. The number of carbonyl (C=O) groups is 1. The first kappa shape index (κ1) is 19.7. The summed E-state index contributed by atoms with van der Waals surface area (Å²) in [5.74, 6) is 0.643. The van der Waals surface area contributed by atoms with Crippen LogP contribution in [0, 0.1) is 0 Å². The first-order valence-corrected chi connectivity index (χ1v) is 9.61. The van der Waals surface area contributed by atoms with Crippen molar-refractivity contribution in [3.8, 4) is 11.5 Å². The fraction of sp³-hybridized carbons (Fsp3) is 0.278. The maximum Gasteiger partial charge on any atom is 0.255 e. The molecule has 0 radical (unpaired) electrons. The maximum absolute atomic E-state index is 12.5. The van der Waals surface area contributed by atoms with Gasteiger partial charge in [0.25, 0.3) is 5.91 Å². The molecule has 0 aliphatic rings. The molecule has 2 rings (SSSR count). The lowest BCUT2D eigenvalue weighted by Crippen LogP contribution is -2.23. The highest BCUT2D eigenvalue weighted by atomic mass is 32.2. The zero-order valence-corrected chi connectivity index (χ0v) is 15.7. The van der Waals surface area contributed by atoms with Crippen LogP contribution in [0.1, 0.15) is 24.2 Å². The van der Waals surface area contributed by atoms with E-state index in [0.29, 0.717) is 23.8 Å². The quantitative estimate of drug-likeness (QED) is 0.736. The number of benzene rings is 2. The topological polar surface area (TPSA) is 93.7 Å². The minimum atomic E-state index is -3.63. The highest BCUT2D eigenvalue weighted by Gasteiger charge is 2.16. The van der Waals surface area contributed by atoms with Crippen LogP contribution < -0.4 is 19.5 Å². The molecule has 0 saturated carbocycles. The Morgan fingerprint density at radius 1 is 1.08 bits per heavy atom. The predicted molar refractivity (Wildman–Crippen MR) is 99.4 cm³/mol. The molecule has 0 heterocycles. The van der Waals surface area contributed by atoms with E-state index in [1.54, 1.807) is 31.2 Å². The van der Waals surface area contributed by atoms with Crippen LogP contribution >= 0.6 is 0 Å². The largest absolute Gasteiger partial charge is 0.493 e. The van der Waals surface area contributed by atoms with Gasteiger partial charge in [0, 0.05) is 23.9 Å². The number of amides is 1. The smallest absolute Gasteiger partial charge is 0.255 e. The monoisotopic (exact) mass is 378 g/mol. The Bertz CT molecular complexity index is 881. The number of sulfonamides is 1. The maximum atomic E-state index is 12.5. The second-order valence-electron chi connectivity index (χ2n) is 5.28. The summed E-state index contributed by atoms with van der Waals surface area (Å²) in [6.07, 6.45) is 0. The van der Waals surface area contributed by atoms with Gasteiger partial charge in [-0.2, -0.15) is 0 Å². The van der Waals surface area contributed by atoms with E-state index in [-0.39, 0.29) is 17.0 Å². The molecule has 0 aromatic heterocycles. The number of carbonyl (C=O) groups excluding carboxylic acids is 1. The molecule has 2 N–H and O–H groups in total. The van der Waals surface area contributed by atoms with E-state index in [4.69, 9.17) is 9.47 Å². The van der Waals surface area contributed by atoms with Crippen LogP contribution in [0.5, 0.6) is 11.5 Å². The van der Waals surface area contributed by atoms with Gasteiger partial charge in [0.1, 0.15) is 0 Å². The number of anilines is 1. The van der Waals surface area contributed by atoms with Gasteiger partial charge in [-0.1, -0.05) is 13.0 Å². The van der Waals surface area contributed by atoms with Crippen molar-refractivity contribution < 1.29 is 22.7 Å². The molecule has 7 nitrogen and oxygen atoms in total. The van der Waals surface area contributed by atoms with Gasteiger partial charge in [-0.05, 0) is 37.3 Å². The number of nitrogens with one attached hydrogen (secondary N) is 2. The standard InChI is InChI=1S/C18H22N2O5S/c1-4-19-26(22,23)15-8-6-7-13(11-15)18(21)20-14-9-10-16(25-5-2)17(12-14)24-3/h6-12,19H,4-5H2,1-3H3,(H,20,21). The zero-order chi connectivity index (χ0) is 19.2. The van der Waals surface area contributed by atoms with E-state index in [2.05, 4.69) is 10.0 Å².